The van der Waals surface area contributed by atoms with Crippen molar-refractivity contribution in [3.8, 4) is 11.4 Å². The number of carboxylic acid groups (broad SMARTS) is 1. The second-order valence-corrected chi connectivity index (χ2v) is 4.81. The molecule has 0 aliphatic heterocycles. The molecule has 21 heavy (non-hydrogen) atoms. The first kappa shape index (κ1) is 13.3. The largest absolute Gasteiger partial charge is 0.478 e. The minimum absolute atomic E-state index is 0.0130. The summed E-state index contributed by atoms with van der Waals surface area (Å²) in [7, 11) is 0. The molecule has 0 saturated heterocycles. The van der Waals surface area contributed by atoms with Crippen LogP contribution in [-0.4, -0.2) is 21.0 Å². The Hall–Kier alpha value is -2.66. The van der Waals surface area contributed by atoms with Crippen LogP contribution in [0.25, 0.3) is 22.3 Å². The zero-order valence-corrected chi connectivity index (χ0v) is 11.4. The van der Waals surface area contributed by atoms with Gasteiger partial charge >= 0.3 is 5.97 Å². The van der Waals surface area contributed by atoms with Gasteiger partial charge in [0.15, 0.2) is 0 Å². The molecule has 0 saturated carbocycles. The molecule has 0 unspecified atom stereocenters. The Labute approximate surface area is 123 Å². The lowest BCUT2D eigenvalue weighted by Crippen LogP contribution is -2.11. The number of hydrogen-bond acceptors (Lipinski definition) is 3. The van der Waals surface area contributed by atoms with Gasteiger partial charge in [0.2, 0.25) is 0 Å². The highest BCUT2D eigenvalue weighted by molar-refractivity contribution is 6.34. The summed E-state index contributed by atoms with van der Waals surface area (Å²) in [5, 5.41) is 9.91. The monoisotopic (exact) mass is 300 g/mol. The van der Waals surface area contributed by atoms with Crippen molar-refractivity contribution in [1.29, 1.82) is 0 Å². The number of H-pyrrole nitrogens is 1. The minimum Gasteiger partial charge on any atom is -0.478 e. The van der Waals surface area contributed by atoms with Gasteiger partial charge in [-0.25, -0.2) is 9.78 Å². The summed E-state index contributed by atoms with van der Waals surface area (Å²) in [4.78, 5) is 30.3. The molecule has 2 aromatic carbocycles. The Bertz CT molecular complexity index is 918. The standard InChI is InChI=1S/C15H9ClN2O3/c16-10-6-3-5-9(15(20)21)12(10)13-17-11-7-2-1-4-8(11)14(19)18-13/h1-7H,(H,20,21)(H,17,18,19). The predicted octanol–water partition coefficient (Wildman–Crippen LogP) is 2.94. The third-order valence-corrected chi connectivity index (χ3v) is 3.41. The summed E-state index contributed by atoms with van der Waals surface area (Å²) in [5.74, 6) is -0.995. The van der Waals surface area contributed by atoms with Crippen molar-refractivity contribution in [2.24, 2.45) is 0 Å². The molecule has 104 valence electrons. The van der Waals surface area contributed by atoms with Crippen molar-refractivity contribution in [3.05, 3.63) is 63.4 Å². The van der Waals surface area contributed by atoms with Gasteiger partial charge in [-0.05, 0) is 24.3 Å². The Balaban J connectivity index is 2.36. The normalized spacial score (nSPS) is 10.7. The molecular formula is C15H9ClN2O3. The fraction of sp³-hybridized carbons (Fsp3) is 0. The number of nitrogens with zero attached hydrogens (tertiary/aromatic N) is 1. The lowest BCUT2D eigenvalue weighted by Gasteiger charge is -2.08. The summed E-state index contributed by atoms with van der Waals surface area (Å²) in [6.07, 6.45) is 0. The van der Waals surface area contributed by atoms with E-state index in [0.717, 1.165) is 0 Å². The molecule has 6 heteroatoms. The molecule has 0 bridgehead atoms. The number of benzene rings is 2. The Morgan fingerprint density at radius 1 is 1.14 bits per heavy atom. The number of carbonyl (C=O) groups is 1. The van der Waals surface area contributed by atoms with Crippen molar-refractivity contribution in [1.82, 2.24) is 9.97 Å². The Kier molecular flexibility index (Phi) is 3.19. The SMILES string of the molecule is O=C(O)c1cccc(Cl)c1-c1nc2ccccc2c(=O)[nH]1. The van der Waals surface area contributed by atoms with E-state index in [4.69, 9.17) is 11.6 Å². The smallest absolute Gasteiger partial charge is 0.336 e. The van der Waals surface area contributed by atoms with Gasteiger partial charge in [0.1, 0.15) is 5.82 Å². The van der Waals surface area contributed by atoms with E-state index < -0.39 is 5.97 Å². The number of rotatable bonds is 2. The number of halogens is 1. The number of hydrogen-bond donors (Lipinski definition) is 2. The molecule has 0 aliphatic carbocycles. The Morgan fingerprint density at radius 2 is 1.90 bits per heavy atom. The molecule has 0 aliphatic rings. The second kappa shape index (κ2) is 5.03. The van der Waals surface area contributed by atoms with Crippen LogP contribution in [0.2, 0.25) is 5.02 Å². The second-order valence-electron chi connectivity index (χ2n) is 4.40. The van der Waals surface area contributed by atoms with Gasteiger partial charge in [-0.1, -0.05) is 29.8 Å². The lowest BCUT2D eigenvalue weighted by atomic mass is 10.1. The number of para-hydroxylation sites is 1. The van der Waals surface area contributed by atoms with Gasteiger partial charge in [0.25, 0.3) is 5.56 Å². The molecule has 0 atom stereocenters. The lowest BCUT2D eigenvalue weighted by molar-refractivity contribution is 0.0697. The van der Waals surface area contributed by atoms with Crippen LogP contribution in [0.1, 0.15) is 10.4 Å². The van der Waals surface area contributed by atoms with Crippen LogP contribution in [0.3, 0.4) is 0 Å². The molecule has 1 aromatic heterocycles. The molecule has 0 radical (unpaired) electrons. The number of aromatic nitrogens is 2. The van der Waals surface area contributed by atoms with E-state index in [1.807, 2.05) is 0 Å². The molecule has 5 nitrogen and oxygen atoms in total. The molecule has 3 rings (SSSR count). The van der Waals surface area contributed by atoms with Crippen LogP contribution in [0.4, 0.5) is 0 Å². The minimum atomic E-state index is -1.14. The maximum Gasteiger partial charge on any atom is 0.336 e. The molecule has 1 heterocycles. The predicted molar refractivity (Wildman–Crippen MR) is 79.8 cm³/mol. The fourth-order valence-corrected chi connectivity index (χ4v) is 2.41. The highest BCUT2D eigenvalue weighted by Gasteiger charge is 2.17. The number of aromatic carboxylic acids is 1. The van der Waals surface area contributed by atoms with E-state index >= 15 is 0 Å². The molecule has 3 aromatic rings. The summed E-state index contributed by atoms with van der Waals surface area (Å²) < 4.78 is 0. The van der Waals surface area contributed by atoms with Crippen LogP contribution < -0.4 is 5.56 Å². The first-order valence-corrected chi connectivity index (χ1v) is 6.47. The van der Waals surface area contributed by atoms with E-state index in [2.05, 4.69) is 9.97 Å². The van der Waals surface area contributed by atoms with Crippen LogP contribution in [-0.2, 0) is 0 Å². The topological polar surface area (TPSA) is 83.0 Å². The highest BCUT2D eigenvalue weighted by atomic mass is 35.5. The van der Waals surface area contributed by atoms with Gasteiger partial charge in [-0.15, -0.1) is 0 Å². The van der Waals surface area contributed by atoms with Crippen molar-refractivity contribution in [2.45, 2.75) is 0 Å². The maximum atomic E-state index is 12.1. The van der Waals surface area contributed by atoms with Gasteiger partial charge in [0, 0.05) is 0 Å². The van der Waals surface area contributed by atoms with Crippen molar-refractivity contribution < 1.29 is 9.90 Å². The van der Waals surface area contributed by atoms with Crippen molar-refractivity contribution >= 4 is 28.5 Å². The van der Waals surface area contributed by atoms with Gasteiger partial charge < -0.3 is 10.1 Å². The van der Waals surface area contributed by atoms with Crippen molar-refractivity contribution in [3.63, 3.8) is 0 Å². The molecule has 0 amide bonds. The van der Waals surface area contributed by atoms with E-state index in [0.29, 0.717) is 10.9 Å². The van der Waals surface area contributed by atoms with E-state index in [1.165, 1.54) is 12.1 Å². The average molecular weight is 301 g/mol. The van der Waals surface area contributed by atoms with Crippen LogP contribution in [0.5, 0.6) is 0 Å². The summed E-state index contributed by atoms with van der Waals surface area (Å²) in [6, 6.07) is 11.3. The first-order valence-electron chi connectivity index (χ1n) is 6.09. The first-order chi connectivity index (χ1) is 10.1. The van der Waals surface area contributed by atoms with E-state index in [9.17, 15) is 14.7 Å². The number of fused-ring (bicyclic) bond motifs is 1. The summed E-state index contributed by atoms with van der Waals surface area (Å²) in [5.41, 5.74) is 0.329. The molecule has 0 spiro atoms. The molecule has 0 fully saturated rings. The van der Waals surface area contributed by atoms with Crippen molar-refractivity contribution in [2.75, 3.05) is 0 Å². The van der Waals surface area contributed by atoms with Crippen LogP contribution in [0, 0.1) is 0 Å². The third kappa shape index (κ3) is 2.28. The molecule has 2 N–H and O–H groups in total. The van der Waals surface area contributed by atoms with Gasteiger partial charge in [-0.3, -0.25) is 4.79 Å². The molecular weight excluding hydrogens is 292 g/mol. The number of nitrogens with one attached hydrogen (secondary N) is 1. The Morgan fingerprint density at radius 3 is 2.67 bits per heavy atom. The fourth-order valence-electron chi connectivity index (χ4n) is 2.15. The van der Waals surface area contributed by atoms with E-state index in [-0.39, 0.29) is 27.5 Å². The quantitative estimate of drug-likeness (QED) is 0.762. The van der Waals surface area contributed by atoms with Crippen LogP contribution in [0.15, 0.2) is 47.3 Å². The maximum absolute atomic E-state index is 12.1. The average Bonchev–Trinajstić information content (AvgIpc) is 2.46. The summed E-state index contributed by atoms with van der Waals surface area (Å²) in [6.45, 7) is 0. The van der Waals surface area contributed by atoms with Gasteiger partial charge in [-0.2, -0.15) is 0 Å². The zero-order chi connectivity index (χ0) is 15.0. The number of carboxylic acids is 1. The third-order valence-electron chi connectivity index (χ3n) is 3.09. The summed E-state index contributed by atoms with van der Waals surface area (Å²) >= 11 is 6.09. The highest BCUT2D eigenvalue weighted by Crippen LogP contribution is 2.29. The van der Waals surface area contributed by atoms with E-state index in [1.54, 1.807) is 30.3 Å². The zero-order valence-electron chi connectivity index (χ0n) is 10.6. The van der Waals surface area contributed by atoms with Gasteiger partial charge in [0.05, 0.1) is 27.1 Å². The van der Waals surface area contributed by atoms with Crippen LogP contribution >= 0.6 is 11.6 Å². The number of aromatic amines is 1.